The Morgan fingerprint density at radius 1 is 1.07 bits per heavy atom. The molecule has 1 unspecified atom stereocenters. The van der Waals surface area contributed by atoms with Gasteiger partial charge in [0, 0.05) is 40.7 Å². The quantitative estimate of drug-likeness (QED) is 0.253. The Kier molecular flexibility index (Phi) is 8.18. The molecular formula is C25H29BrN2O2. The summed E-state index contributed by atoms with van der Waals surface area (Å²) in [5, 5.41) is 13.4. The van der Waals surface area contributed by atoms with Crippen LogP contribution in [-0.4, -0.2) is 15.5 Å². The molecule has 3 aromatic rings. The van der Waals surface area contributed by atoms with Crippen LogP contribution in [0.25, 0.3) is 0 Å². The summed E-state index contributed by atoms with van der Waals surface area (Å²) in [4.78, 5) is 12.1. The van der Waals surface area contributed by atoms with E-state index in [1.807, 2.05) is 38.1 Å². The number of benzene rings is 2. The third-order valence-corrected chi connectivity index (χ3v) is 5.71. The molecule has 2 aromatic carbocycles. The topological polar surface area (TPSA) is 54.6 Å². The lowest BCUT2D eigenvalue weighted by Gasteiger charge is -2.21. The first-order valence-electron chi connectivity index (χ1n) is 9.65. The Labute approximate surface area is 187 Å². The minimum Gasteiger partial charge on any atom is -0.411 e. The molecule has 0 saturated heterocycles. The maximum Gasteiger partial charge on any atom is 0.250 e. The number of hydrogen-bond donors (Lipinski definition) is 1. The molecule has 0 saturated carbocycles. The summed E-state index contributed by atoms with van der Waals surface area (Å²) < 4.78 is 2.67. The average Bonchev–Trinajstić information content (AvgIpc) is 2.71. The van der Waals surface area contributed by atoms with E-state index in [1.165, 1.54) is 17.2 Å². The second-order valence-electron chi connectivity index (χ2n) is 7.47. The zero-order valence-corrected chi connectivity index (χ0v) is 18.4. The summed E-state index contributed by atoms with van der Waals surface area (Å²) in [7, 11) is 0. The number of hydrogen-bond acceptors (Lipinski definition) is 3. The van der Waals surface area contributed by atoms with E-state index in [2.05, 4.69) is 52.3 Å². The first kappa shape index (κ1) is 23.6. The van der Waals surface area contributed by atoms with Gasteiger partial charge in [0.25, 0.3) is 5.56 Å². The van der Waals surface area contributed by atoms with Crippen LogP contribution >= 0.6 is 15.9 Å². The van der Waals surface area contributed by atoms with Crippen LogP contribution < -0.4 is 5.56 Å². The Morgan fingerprint density at radius 3 is 2.33 bits per heavy atom. The standard InChI is InChI=1S/C24H25BrN2O2.CH4/c1-16(2)27-15-19(10-13-24(27)28)23(26-29)14-22(18-8-11-20(25)12-9-18)21-7-5-4-6-17(21)3;/h4-13,15-16,22,29H,14H2,1-3H3;1H4/b26-23-;. The minimum atomic E-state index is -0.0654. The summed E-state index contributed by atoms with van der Waals surface area (Å²) in [5.74, 6) is 0.0228. The lowest BCUT2D eigenvalue weighted by molar-refractivity contribution is 0.317. The molecule has 3 rings (SSSR count). The van der Waals surface area contributed by atoms with Gasteiger partial charge < -0.3 is 9.77 Å². The van der Waals surface area contributed by atoms with Crippen molar-refractivity contribution in [3.05, 3.63) is 104 Å². The molecule has 0 aliphatic carbocycles. The number of rotatable bonds is 6. The van der Waals surface area contributed by atoms with E-state index < -0.39 is 0 Å². The summed E-state index contributed by atoms with van der Waals surface area (Å²) >= 11 is 3.50. The van der Waals surface area contributed by atoms with Crippen LogP contribution in [0.5, 0.6) is 0 Å². The van der Waals surface area contributed by atoms with Gasteiger partial charge in [-0.3, -0.25) is 4.79 Å². The van der Waals surface area contributed by atoms with E-state index in [0.29, 0.717) is 12.1 Å². The van der Waals surface area contributed by atoms with Crippen molar-refractivity contribution in [1.82, 2.24) is 4.57 Å². The smallest absolute Gasteiger partial charge is 0.250 e. The van der Waals surface area contributed by atoms with Crippen molar-refractivity contribution in [2.24, 2.45) is 5.16 Å². The molecule has 1 heterocycles. The normalized spacial score (nSPS) is 12.5. The van der Waals surface area contributed by atoms with Crippen LogP contribution in [0.3, 0.4) is 0 Å². The third-order valence-electron chi connectivity index (χ3n) is 5.18. The van der Waals surface area contributed by atoms with Gasteiger partial charge in [-0.1, -0.05) is 64.9 Å². The summed E-state index contributed by atoms with van der Waals surface area (Å²) in [6.07, 6.45) is 2.29. The van der Waals surface area contributed by atoms with Gasteiger partial charge in [0.15, 0.2) is 0 Å². The Hall–Kier alpha value is -2.66. The molecule has 0 radical (unpaired) electrons. The zero-order valence-electron chi connectivity index (χ0n) is 16.8. The van der Waals surface area contributed by atoms with Gasteiger partial charge in [-0.05, 0) is 55.7 Å². The first-order chi connectivity index (χ1) is 13.9. The van der Waals surface area contributed by atoms with Gasteiger partial charge in [-0.15, -0.1) is 0 Å². The van der Waals surface area contributed by atoms with Crippen LogP contribution in [0, 0.1) is 6.92 Å². The summed E-state index contributed by atoms with van der Waals surface area (Å²) in [5.41, 5.74) is 4.75. The third kappa shape index (κ3) is 5.28. The molecule has 0 aliphatic rings. The van der Waals surface area contributed by atoms with Gasteiger partial charge in [-0.25, -0.2) is 0 Å². The van der Waals surface area contributed by atoms with Gasteiger partial charge in [0.1, 0.15) is 0 Å². The van der Waals surface area contributed by atoms with Crippen LogP contribution in [0.15, 0.2) is 81.3 Å². The summed E-state index contributed by atoms with van der Waals surface area (Å²) in [6.45, 7) is 6.01. The van der Waals surface area contributed by atoms with Crippen molar-refractivity contribution in [2.75, 3.05) is 0 Å². The first-order valence-corrected chi connectivity index (χ1v) is 10.4. The van der Waals surface area contributed by atoms with Crippen molar-refractivity contribution in [2.45, 2.75) is 46.6 Å². The molecule has 0 spiro atoms. The van der Waals surface area contributed by atoms with Gasteiger partial charge >= 0.3 is 0 Å². The molecule has 158 valence electrons. The fraction of sp³-hybridized carbons (Fsp3) is 0.280. The summed E-state index contributed by atoms with van der Waals surface area (Å²) in [6, 6.07) is 19.8. The van der Waals surface area contributed by atoms with Crippen molar-refractivity contribution in [1.29, 1.82) is 0 Å². The number of nitrogens with zero attached hydrogens (tertiary/aromatic N) is 2. The van der Waals surface area contributed by atoms with Gasteiger partial charge in [0.05, 0.1) is 5.71 Å². The molecule has 1 atom stereocenters. The highest BCUT2D eigenvalue weighted by molar-refractivity contribution is 9.10. The van der Waals surface area contributed by atoms with Crippen molar-refractivity contribution >= 4 is 21.6 Å². The van der Waals surface area contributed by atoms with E-state index in [9.17, 15) is 10.0 Å². The van der Waals surface area contributed by atoms with Gasteiger partial charge in [0.2, 0.25) is 0 Å². The molecule has 0 bridgehead atoms. The van der Waals surface area contributed by atoms with Crippen LogP contribution in [0.4, 0.5) is 0 Å². The number of oxime groups is 1. The van der Waals surface area contributed by atoms with E-state index in [-0.39, 0.29) is 24.9 Å². The van der Waals surface area contributed by atoms with Crippen LogP contribution in [0.1, 0.15) is 61.9 Å². The molecule has 5 heteroatoms. The number of aryl methyl sites for hydroxylation is 1. The maximum absolute atomic E-state index is 12.1. The molecule has 1 N–H and O–H groups in total. The fourth-order valence-corrected chi connectivity index (χ4v) is 3.83. The predicted octanol–water partition coefficient (Wildman–Crippen LogP) is 6.54. The molecule has 4 nitrogen and oxygen atoms in total. The molecule has 30 heavy (non-hydrogen) atoms. The molecule has 1 aromatic heterocycles. The van der Waals surface area contributed by atoms with E-state index in [1.54, 1.807) is 16.8 Å². The monoisotopic (exact) mass is 468 g/mol. The minimum absolute atomic E-state index is 0. The fourth-order valence-electron chi connectivity index (χ4n) is 3.57. The highest BCUT2D eigenvalue weighted by Gasteiger charge is 2.21. The lowest BCUT2D eigenvalue weighted by Crippen LogP contribution is -2.22. The van der Waals surface area contributed by atoms with Crippen LogP contribution in [0.2, 0.25) is 0 Å². The van der Waals surface area contributed by atoms with Crippen molar-refractivity contribution in [3.8, 4) is 0 Å². The van der Waals surface area contributed by atoms with E-state index in [4.69, 9.17) is 0 Å². The number of aromatic nitrogens is 1. The number of halogens is 1. The van der Waals surface area contributed by atoms with Crippen molar-refractivity contribution < 1.29 is 5.21 Å². The van der Waals surface area contributed by atoms with Crippen molar-refractivity contribution in [3.63, 3.8) is 0 Å². The average molecular weight is 469 g/mol. The second-order valence-corrected chi connectivity index (χ2v) is 8.38. The molecule has 0 aliphatic heterocycles. The zero-order chi connectivity index (χ0) is 21.0. The Balaban J connectivity index is 0.00000320. The van der Waals surface area contributed by atoms with Gasteiger partial charge in [-0.2, -0.15) is 0 Å². The number of pyridine rings is 1. The Bertz CT molecular complexity index is 1070. The largest absolute Gasteiger partial charge is 0.411 e. The van der Waals surface area contributed by atoms with E-state index >= 15 is 0 Å². The molecule has 0 fully saturated rings. The van der Waals surface area contributed by atoms with E-state index in [0.717, 1.165) is 15.6 Å². The second kappa shape index (κ2) is 10.4. The molecular weight excluding hydrogens is 440 g/mol. The van der Waals surface area contributed by atoms with Crippen LogP contribution in [-0.2, 0) is 0 Å². The predicted molar refractivity (Wildman–Crippen MR) is 128 cm³/mol. The SMILES string of the molecule is C.Cc1ccccc1C(C/C(=N/O)c1ccc(=O)n(C(C)C)c1)c1ccc(Br)cc1. The highest BCUT2D eigenvalue weighted by Crippen LogP contribution is 2.32. The Morgan fingerprint density at radius 2 is 1.73 bits per heavy atom. The highest BCUT2D eigenvalue weighted by atomic mass is 79.9. The lowest BCUT2D eigenvalue weighted by atomic mass is 9.83. The maximum atomic E-state index is 12.1. The molecule has 0 amide bonds.